The van der Waals surface area contributed by atoms with E-state index in [2.05, 4.69) is 20.9 Å². The number of pyridine rings is 1. The Bertz CT molecular complexity index is 578. The number of aromatic nitrogens is 1. The molecule has 0 saturated carbocycles. The lowest BCUT2D eigenvalue weighted by molar-refractivity contribution is 0.373. The molecule has 0 spiro atoms. The second-order valence-corrected chi connectivity index (χ2v) is 4.24. The lowest BCUT2D eigenvalue weighted by Gasteiger charge is -2.07. The Balaban J connectivity index is 2.33. The smallest absolute Gasteiger partial charge is 0.222 e. The van der Waals surface area contributed by atoms with Crippen LogP contribution in [-0.4, -0.2) is 12.1 Å². The molecular formula is C12H8BrF2NO2. The number of rotatable bonds is 3. The van der Waals surface area contributed by atoms with Gasteiger partial charge in [0.05, 0.1) is 7.11 Å². The Labute approximate surface area is 110 Å². The van der Waals surface area contributed by atoms with Gasteiger partial charge < -0.3 is 9.47 Å². The Kier molecular flexibility index (Phi) is 3.76. The van der Waals surface area contributed by atoms with E-state index in [1.165, 1.54) is 19.2 Å². The lowest BCUT2D eigenvalue weighted by Crippen LogP contribution is -1.95. The fourth-order valence-electron chi connectivity index (χ4n) is 1.29. The van der Waals surface area contributed by atoms with Gasteiger partial charge in [-0.05, 0) is 12.1 Å². The molecule has 2 aromatic rings. The first-order valence-corrected chi connectivity index (χ1v) is 5.73. The van der Waals surface area contributed by atoms with E-state index in [1.807, 2.05) is 0 Å². The molecule has 0 amide bonds. The molecule has 0 aliphatic heterocycles. The van der Waals surface area contributed by atoms with Gasteiger partial charge in [0.15, 0.2) is 11.6 Å². The summed E-state index contributed by atoms with van der Waals surface area (Å²) in [5, 5.41) is 0. The van der Waals surface area contributed by atoms with Crippen LogP contribution in [0.5, 0.6) is 17.5 Å². The van der Waals surface area contributed by atoms with Crippen molar-refractivity contribution >= 4 is 15.9 Å². The third kappa shape index (κ3) is 2.76. The Morgan fingerprint density at radius 1 is 1.17 bits per heavy atom. The minimum atomic E-state index is -1.07. The number of halogens is 3. The molecule has 1 heterocycles. The van der Waals surface area contributed by atoms with Gasteiger partial charge in [0.2, 0.25) is 17.6 Å². The predicted octanol–water partition coefficient (Wildman–Crippen LogP) is 3.92. The molecule has 0 aliphatic rings. The molecule has 0 N–H and O–H groups in total. The summed E-state index contributed by atoms with van der Waals surface area (Å²) in [5.74, 6) is -1.87. The van der Waals surface area contributed by atoms with Gasteiger partial charge in [0.25, 0.3) is 0 Å². The van der Waals surface area contributed by atoms with Crippen molar-refractivity contribution < 1.29 is 18.3 Å². The van der Waals surface area contributed by atoms with E-state index in [1.54, 1.807) is 12.1 Å². The van der Waals surface area contributed by atoms with Gasteiger partial charge in [-0.1, -0.05) is 22.0 Å². The number of ether oxygens (including phenoxy) is 2. The van der Waals surface area contributed by atoms with E-state index >= 15 is 0 Å². The third-order valence-electron chi connectivity index (χ3n) is 2.08. The maximum absolute atomic E-state index is 13.5. The molecule has 0 unspecified atom stereocenters. The third-order valence-corrected chi connectivity index (χ3v) is 2.54. The van der Waals surface area contributed by atoms with E-state index in [4.69, 9.17) is 9.47 Å². The lowest BCUT2D eigenvalue weighted by atomic mass is 10.3. The van der Waals surface area contributed by atoms with Crippen molar-refractivity contribution in [2.24, 2.45) is 0 Å². The van der Waals surface area contributed by atoms with Crippen molar-refractivity contribution in [1.29, 1.82) is 0 Å². The molecule has 0 atom stereocenters. The Morgan fingerprint density at radius 3 is 2.61 bits per heavy atom. The van der Waals surface area contributed by atoms with Gasteiger partial charge in [-0.15, -0.1) is 0 Å². The molecule has 18 heavy (non-hydrogen) atoms. The summed E-state index contributed by atoms with van der Waals surface area (Å²) in [5.41, 5.74) is 0. The Morgan fingerprint density at radius 2 is 1.89 bits per heavy atom. The molecule has 1 aromatic carbocycles. The van der Waals surface area contributed by atoms with Crippen LogP contribution in [0, 0.1) is 11.6 Å². The highest BCUT2D eigenvalue weighted by molar-refractivity contribution is 9.10. The maximum Gasteiger partial charge on any atom is 0.222 e. The van der Waals surface area contributed by atoms with Crippen LogP contribution >= 0.6 is 15.9 Å². The largest absolute Gasteiger partial charge is 0.481 e. The molecule has 0 saturated heterocycles. The van der Waals surface area contributed by atoms with Crippen LogP contribution in [0.4, 0.5) is 8.78 Å². The summed E-state index contributed by atoms with van der Waals surface area (Å²) in [4.78, 5) is 3.94. The summed E-state index contributed by atoms with van der Waals surface area (Å²) >= 11 is 3.06. The van der Waals surface area contributed by atoms with Crippen LogP contribution in [0.15, 0.2) is 34.8 Å². The summed E-state index contributed by atoms with van der Waals surface area (Å²) < 4.78 is 37.1. The van der Waals surface area contributed by atoms with Gasteiger partial charge in [-0.2, -0.15) is 9.37 Å². The summed E-state index contributed by atoms with van der Waals surface area (Å²) in [6.45, 7) is 0. The van der Waals surface area contributed by atoms with Gasteiger partial charge >= 0.3 is 0 Å². The van der Waals surface area contributed by atoms with Crippen molar-refractivity contribution in [3.63, 3.8) is 0 Å². The zero-order valence-corrected chi connectivity index (χ0v) is 10.9. The van der Waals surface area contributed by atoms with Gasteiger partial charge in [-0.3, -0.25) is 0 Å². The fourth-order valence-corrected chi connectivity index (χ4v) is 1.69. The average molecular weight is 316 g/mol. The molecule has 94 valence electrons. The summed E-state index contributed by atoms with van der Waals surface area (Å²) in [6.07, 6.45) is 0. The monoisotopic (exact) mass is 315 g/mol. The van der Waals surface area contributed by atoms with E-state index in [0.717, 1.165) is 6.07 Å². The van der Waals surface area contributed by atoms with E-state index in [-0.39, 0.29) is 11.6 Å². The van der Waals surface area contributed by atoms with Gasteiger partial charge in [0, 0.05) is 16.6 Å². The highest BCUT2D eigenvalue weighted by Gasteiger charge is 2.12. The quantitative estimate of drug-likeness (QED) is 0.804. The highest BCUT2D eigenvalue weighted by atomic mass is 79.9. The maximum atomic E-state index is 13.5. The number of nitrogens with zero attached hydrogens (tertiary/aromatic N) is 1. The number of methoxy groups -OCH3 is 1. The normalized spacial score (nSPS) is 10.2. The Hall–Kier alpha value is -1.69. The first kappa shape index (κ1) is 12.8. The van der Waals surface area contributed by atoms with Crippen LogP contribution in [0.2, 0.25) is 0 Å². The standard InChI is InChI=1S/C12H8BrF2NO2/c1-17-10-3-2-4-11(16-10)18-9-6-7(13)5-8(14)12(9)15/h2-6H,1H3. The van der Waals surface area contributed by atoms with E-state index in [9.17, 15) is 8.78 Å². The fraction of sp³-hybridized carbons (Fsp3) is 0.0833. The second kappa shape index (κ2) is 5.30. The summed E-state index contributed by atoms with van der Waals surface area (Å²) in [6, 6.07) is 7.10. The SMILES string of the molecule is COc1cccc(Oc2cc(Br)cc(F)c2F)n1. The number of hydrogen-bond donors (Lipinski definition) is 0. The van der Waals surface area contributed by atoms with Gasteiger partial charge in [0.1, 0.15) is 0 Å². The van der Waals surface area contributed by atoms with Crippen molar-refractivity contribution in [1.82, 2.24) is 4.98 Å². The molecule has 3 nitrogen and oxygen atoms in total. The molecule has 2 rings (SSSR count). The minimum absolute atomic E-state index is 0.116. The van der Waals surface area contributed by atoms with E-state index in [0.29, 0.717) is 10.4 Å². The first-order valence-electron chi connectivity index (χ1n) is 4.93. The van der Waals surface area contributed by atoms with Crippen molar-refractivity contribution in [2.45, 2.75) is 0 Å². The van der Waals surface area contributed by atoms with Crippen molar-refractivity contribution in [2.75, 3.05) is 7.11 Å². The van der Waals surface area contributed by atoms with Crippen LogP contribution in [-0.2, 0) is 0 Å². The average Bonchev–Trinajstić information content (AvgIpc) is 2.35. The van der Waals surface area contributed by atoms with Crippen LogP contribution in [0.25, 0.3) is 0 Å². The van der Waals surface area contributed by atoms with Crippen LogP contribution in [0.3, 0.4) is 0 Å². The highest BCUT2D eigenvalue weighted by Crippen LogP contribution is 2.29. The molecule has 6 heteroatoms. The molecule has 0 fully saturated rings. The minimum Gasteiger partial charge on any atom is -0.481 e. The predicted molar refractivity (Wildman–Crippen MR) is 64.9 cm³/mol. The molecule has 0 bridgehead atoms. The zero-order chi connectivity index (χ0) is 13.1. The topological polar surface area (TPSA) is 31.4 Å². The first-order chi connectivity index (χ1) is 8.60. The summed E-state index contributed by atoms with van der Waals surface area (Å²) in [7, 11) is 1.45. The molecule has 0 aliphatic carbocycles. The second-order valence-electron chi connectivity index (χ2n) is 3.32. The van der Waals surface area contributed by atoms with Gasteiger partial charge in [-0.25, -0.2) is 4.39 Å². The van der Waals surface area contributed by atoms with Crippen LogP contribution in [0.1, 0.15) is 0 Å². The van der Waals surface area contributed by atoms with E-state index < -0.39 is 11.6 Å². The van der Waals surface area contributed by atoms with Crippen molar-refractivity contribution in [3.8, 4) is 17.5 Å². The van der Waals surface area contributed by atoms with Crippen molar-refractivity contribution in [3.05, 3.63) is 46.4 Å². The van der Waals surface area contributed by atoms with Crippen LogP contribution < -0.4 is 9.47 Å². The number of benzene rings is 1. The molecule has 0 radical (unpaired) electrons. The number of hydrogen-bond acceptors (Lipinski definition) is 3. The molecular weight excluding hydrogens is 308 g/mol. The zero-order valence-electron chi connectivity index (χ0n) is 9.28. The molecule has 1 aromatic heterocycles.